The van der Waals surface area contributed by atoms with Crippen molar-refractivity contribution in [2.45, 2.75) is 43.5 Å². The number of nitrogens with zero attached hydrogens (tertiary/aromatic N) is 1. The van der Waals surface area contributed by atoms with Gasteiger partial charge in [0.15, 0.2) is 0 Å². The number of rotatable bonds is 8. The Kier molecular flexibility index (Phi) is 7.67. The van der Waals surface area contributed by atoms with Crippen LogP contribution in [0.25, 0.3) is 0 Å². The number of carbonyl (C=O) groups is 1. The van der Waals surface area contributed by atoms with Gasteiger partial charge in [0, 0.05) is 5.02 Å². The minimum Gasteiger partial charge on any atom is -0.495 e. The maximum Gasteiger partial charge on any atom is 0.264 e. The zero-order valence-electron chi connectivity index (χ0n) is 19.8. The standard InChI is InChI=1S/C27H29ClN2O4S/c1-19(21-13-12-20-8-6-7-9-22(20)16-21)29-27(31)18-30(25-17-23(28)14-15-26(25)34-2)35(32,33)24-10-4-3-5-11-24/h3-5,10-17,19H,6-9,18H2,1-2H3,(H,29,31). The Balaban J connectivity index is 1.62. The summed E-state index contributed by atoms with van der Waals surface area (Å²) in [7, 11) is -2.63. The van der Waals surface area contributed by atoms with Crippen LogP contribution in [0, 0.1) is 0 Å². The lowest BCUT2D eigenvalue weighted by Crippen LogP contribution is -2.41. The Morgan fingerprint density at radius 1 is 1.03 bits per heavy atom. The topological polar surface area (TPSA) is 75.7 Å². The lowest BCUT2D eigenvalue weighted by molar-refractivity contribution is -0.120. The van der Waals surface area contributed by atoms with E-state index in [0.29, 0.717) is 10.8 Å². The monoisotopic (exact) mass is 512 g/mol. The third-order valence-corrected chi connectivity index (χ3v) is 8.29. The van der Waals surface area contributed by atoms with E-state index >= 15 is 0 Å². The van der Waals surface area contributed by atoms with E-state index in [1.54, 1.807) is 30.3 Å². The van der Waals surface area contributed by atoms with Crippen molar-refractivity contribution in [1.29, 1.82) is 0 Å². The van der Waals surface area contributed by atoms with Gasteiger partial charge in [0.05, 0.1) is 23.7 Å². The van der Waals surface area contributed by atoms with E-state index in [-0.39, 0.29) is 16.6 Å². The Bertz CT molecular complexity index is 1310. The Labute approximate surface area is 211 Å². The second kappa shape index (κ2) is 10.7. The quantitative estimate of drug-likeness (QED) is 0.444. The minimum atomic E-state index is -4.08. The van der Waals surface area contributed by atoms with E-state index in [1.807, 2.05) is 13.0 Å². The maximum atomic E-state index is 13.6. The van der Waals surface area contributed by atoms with Crippen LogP contribution < -0.4 is 14.4 Å². The van der Waals surface area contributed by atoms with Gasteiger partial charge in [-0.05, 0) is 79.6 Å². The minimum absolute atomic E-state index is 0.0672. The molecule has 0 aromatic heterocycles. The van der Waals surface area contributed by atoms with Gasteiger partial charge in [-0.2, -0.15) is 0 Å². The van der Waals surface area contributed by atoms with Gasteiger partial charge < -0.3 is 10.1 Å². The van der Waals surface area contributed by atoms with E-state index in [4.69, 9.17) is 16.3 Å². The van der Waals surface area contributed by atoms with E-state index in [9.17, 15) is 13.2 Å². The number of benzene rings is 3. The number of ether oxygens (including phenoxy) is 1. The van der Waals surface area contributed by atoms with Crippen LogP contribution in [0.2, 0.25) is 5.02 Å². The van der Waals surface area contributed by atoms with Crippen molar-refractivity contribution < 1.29 is 17.9 Å². The molecule has 1 amide bonds. The third kappa shape index (κ3) is 5.63. The molecule has 0 saturated heterocycles. The number of amides is 1. The van der Waals surface area contributed by atoms with Crippen LogP contribution in [0.5, 0.6) is 5.75 Å². The summed E-state index contributed by atoms with van der Waals surface area (Å²) in [5.74, 6) is -0.138. The van der Waals surface area contributed by atoms with Crippen LogP contribution >= 0.6 is 11.6 Å². The molecule has 4 rings (SSSR count). The molecule has 0 fully saturated rings. The molecule has 0 bridgehead atoms. The zero-order chi connectivity index (χ0) is 25.0. The predicted molar refractivity (Wildman–Crippen MR) is 139 cm³/mol. The van der Waals surface area contributed by atoms with Crippen LogP contribution in [-0.2, 0) is 27.7 Å². The largest absolute Gasteiger partial charge is 0.495 e. The molecule has 0 saturated carbocycles. The molecule has 3 aromatic rings. The average Bonchev–Trinajstić information content (AvgIpc) is 2.87. The number of hydrogen-bond donors (Lipinski definition) is 1. The first-order valence-electron chi connectivity index (χ1n) is 11.6. The number of carbonyl (C=O) groups excluding carboxylic acids is 1. The lowest BCUT2D eigenvalue weighted by atomic mass is 9.89. The summed E-state index contributed by atoms with van der Waals surface area (Å²) in [6.07, 6.45) is 4.51. The fourth-order valence-corrected chi connectivity index (χ4v) is 6.01. The van der Waals surface area contributed by atoms with Gasteiger partial charge in [0.1, 0.15) is 12.3 Å². The van der Waals surface area contributed by atoms with Gasteiger partial charge in [-0.1, -0.05) is 48.0 Å². The third-order valence-electron chi connectivity index (χ3n) is 6.28. The highest BCUT2D eigenvalue weighted by molar-refractivity contribution is 7.92. The smallest absolute Gasteiger partial charge is 0.264 e. The van der Waals surface area contributed by atoms with Crippen molar-refractivity contribution >= 4 is 33.2 Å². The molecule has 0 spiro atoms. The fraction of sp³-hybridized carbons (Fsp3) is 0.296. The highest BCUT2D eigenvalue weighted by Gasteiger charge is 2.30. The van der Waals surface area contributed by atoms with Crippen molar-refractivity contribution in [3.8, 4) is 5.75 Å². The number of nitrogens with one attached hydrogen (secondary N) is 1. The van der Waals surface area contributed by atoms with Crippen molar-refractivity contribution in [3.05, 3.63) is 88.4 Å². The van der Waals surface area contributed by atoms with Crippen LogP contribution in [-0.4, -0.2) is 28.0 Å². The van der Waals surface area contributed by atoms with Gasteiger partial charge in [-0.25, -0.2) is 8.42 Å². The van der Waals surface area contributed by atoms with E-state index in [1.165, 1.54) is 49.3 Å². The predicted octanol–water partition coefficient (Wildman–Crippen LogP) is 5.30. The van der Waals surface area contributed by atoms with Crippen LogP contribution in [0.4, 0.5) is 5.69 Å². The molecular weight excluding hydrogens is 484 g/mol. The molecule has 1 N–H and O–H groups in total. The zero-order valence-corrected chi connectivity index (χ0v) is 21.4. The Morgan fingerprint density at radius 2 is 1.74 bits per heavy atom. The molecule has 1 unspecified atom stereocenters. The molecule has 6 nitrogen and oxygen atoms in total. The van der Waals surface area contributed by atoms with Gasteiger partial charge in [-0.15, -0.1) is 0 Å². The summed E-state index contributed by atoms with van der Waals surface area (Å²) in [6, 6.07) is 18.7. The summed E-state index contributed by atoms with van der Waals surface area (Å²) in [4.78, 5) is 13.2. The maximum absolute atomic E-state index is 13.6. The van der Waals surface area contributed by atoms with Crippen molar-refractivity contribution in [2.24, 2.45) is 0 Å². The molecule has 1 aliphatic carbocycles. The van der Waals surface area contributed by atoms with Crippen molar-refractivity contribution in [2.75, 3.05) is 18.0 Å². The summed E-state index contributed by atoms with van der Waals surface area (Å²) in [5, 5.41) is 3.29. The second-order valence-electron chi connectivity index (χ2n) is 8.67. The van der Waals surface area contributed by atoms with Crippen molar-refractivity contribution in [1.82, 2.24) is 5.32 Å². The van der Waals surface area contributed by atoms with Gasteiger partial charge in [-0.3, -0.25) is 9.10 Å². The number of aryl methyl sites for hydroxylation is 2. The van der Waals surface area contributed by atoms with E-state index < -0.39 is 22.5 Å². The first-order chi connectivity index (χ1) is 16.8. The van der Waals surface area contributed by atoms with Gasteiger partial charge in [0.2, 0.25) is 5.91 Å². The summed E-state index contributed by atoms with van der Waals surface area (Å²) in [6.45, 7) is 1.47. The van der Waals surface area contributed by atoms with Gasteiger partial charge >= 0.3 is 0 Å². The Hall–Kier alpha value is -3.03. The number of methoxy groups -OCH3 is 1. The fourth-order valence-electron chi connectivity index (χ4n) is 4.40. The molecule has 35 heavy (non-hydrogen) atoms. The molecule has 1 aliphatic rings. The van der Waals surface area contributed by atoms with E-state index in [0.717, 1.165) is 22.7 Å². The molecule has 1 atom stereocenters. The molecule has 0 aliphatic heterocycles. The van der Waals surface area contributed by atoms with E-state index in [2.05, 4.69) is 17.4 Å². The summed E-state index contributed by atoms with van der Waals surface area (Å²) in [5.41, 5.74) is 3.88. The number of hydrogen-bond acceptors (Lipinski definition) is 4. The van der Waals surface area contributed by atoms with Gasteiger partial charge in [0.25, 0.3) is 10.0 Å². The number of sulfonamides is 1. The van der Waals surface area contributed by atoms with Crippen LogP contribution in [0.3, 0.4) is 0 Å². The SMILES string of the molecule is COc1ccc(Cl)cc1N(CC(=O)NC(C)c1ccc2c(c1)CCCC2)S(=O)(=O)c1ccccc1. The summed E-state index contributed by atoms with van der Waals surface area (Å²) >= 11 is 6.20. The molecule has 8 heteroatoms. The van der Waals surface area contributed by atoms with Crippen molar-refractivity contribution in [3.63, 3.8) is 0 Å². The second-order valence-corrected chi connectivity index (χ2v) is 11.0. The molecule has 0 heterocycles. The normalized spacial score (nSPS) is 14.0. The first-order valence-corrected chi connectivity index (χ1v) is 13.4. The number of fused-ring (bicyclic) bond motifs is 1. The number of halogens is 1. The average molecular weight is 513 g/mol. The molecular formula is C27H29ClN2O4S. The number of anilines is 1. The molecule has 184 valence electrons. The lowest BCUT2D eigenvalue weighted by Gasteiger charge is -2.27. The first kappa shape index (κ1) is 25.1. The summed E-state index contributed by atoms with van der Waals surface area (Å²) < 4.78 is 33.7. The Morgan fingerprint density at radius 3 is 2.46 bits per heavy atom. The van der Waals surface area contributed by atoms with Crippen LogP contribution in [0.1, 0.15) is 42.5 Å². The molecule has 0 radical (unpaired) electrons. The highest BCUT2D eigenvalue weighted by Crippen LogP contribution is 2.35. The highest BCUT2D eigenvalue weighted by atomic mass is 35.5. The van der Waals surface area contributed by atoms with Crippen LogP contribution in [0.15, 0.2) is 71.6 Å². The molecule has 3 aromatic carbocycles.